The zero-order valence-electron chi connectivity index (χ0n) is 16.3. The minimum absolute atomic E-state index is 0.203. The van der Waals surface area contributed by atoms with Crippen molar-refractivity contribution in [2.24, 2.45) is 5.73 Å². The van der Waals surface area contributed by atoms with Crippen molar-refractivity contribution in [2.75, 3.05) is 13.2 Å². The van der Waals surface area contributed by atoms with E-state index in [2.05, 4.69) is 22.4 Å². The number of thiophene rings is 1. The van der Waals surface area contributed by atoms with Crippen molar-refractivity contribution in [3.8, 4) is 17.6 Å². The van der Waals surface area contributed by atoms with Gasteiger partial charge in [0.15, 0.2) is 0 Å². The Balaban J connectivity index is 1.82. The van der Waals surface area contributed by atoms with Gasteiger partial charge in [-0.25, -0.2) is 4.57 Å². The van der Waals surface area contributed by atoms with Gasteiger partial charge in [-0.3, -0.25) is 4.52 Å². The third-order valence-electron chi connectivity index (χ3n) is 3.88. The molecule has 0 aliphatic heterocycles. The molecule has 8 heteroatoms. The normalized spacial score (nSPS) is 13.5. The van der Waals surface area contributed by atoms with Gasteiger partial charge in [0.1, 0.15) is 12.4 Å². The summed E-state index contributed by atoms with van der Waals surface area (Å²) in [6.45, 7) is 5.88. The average Bonchev–Trinajstić information content (AvgIpc) is 3.02. The van der Waals surface area contributed by atoms with E-state index in [0.717, 1.165) is 26.6 Å². The average molecular weight is 423 g/mol. The zero-order chi connectivity index (χ0) is 20.8. The molecule has 1 atom stereocenters. The van der Waals surface area contributed by atoms with Crippen LogP contribution < -0.4 is 10.5 Å². The molecule has 1 unspecified atom stereocenters. The van der Waals surface area contributed by atoms with Crippen molar-refractivity contribution in [1.82, 2.24) is 0 Å². The van der Waals surface area contributed by atoms with E-state index in [4.69, 9.17) is 20.3 Å². The highest BCUT2D eigenvalue weighted by molar-refractivity contribution is 7.46. The lowest BCUT2D eigenvalue weighted by Gasteiger charge is -2.24. The van der Waals surface area contributed by atoms with E-state index in [9.17, 15) is 4.57 Å². The molecule has 0 spiro atoms. The van der Waals surface area contributed by atoms with Crippen molar-refractivity contribution >= 4 is 19.2 Å². The quantitative estimate of drug-likeness (QED) is 0.443. The second kappa shape index (κ2) is 9.71. The van der Waals surface area contributed by atoms with Crippen molar-refractivity contribution < 1.29 is 23.6 Å². The molecule has 1 aromatic carbocycles. The fraction of sp³-hybridized carbons (Fsp3) is 0.400. The van der Waals surface area contributed by atoms with Crippen molar-refractivity contribution in [2.45, 2.75) is 39.2 Å². The Hall–Kier alpha value is -1.65. The Morgan fingerprint density at radius 3 is 2.54 bits per heavy atom. The number of phosphoric ester groups is 1. The summed E-state index contributed by atoms with van der Waals surface area (Å²) in [5, 5.41) is 0. The first kappa shape index (κ1) is 22.6. The van der Waals surface area contributed by atoms with Gasteiger partial charge in [0.2, 0.25) is 0 Å². The molecule has 0 saturated heterocycles. The van der Waals surface area contributed by atoms with Gasteiger partial charge >= 0.3 is 7.82 Å². The van der Waals surface area contributed by atoms with Gasteiger partial charge in [0.05, 0.1) is 11.5 Å². The summed E-state index contributed by atoms with van der Waals surface area (Å²) in [7, 11) is -4.50. The highest BCUT2D eigenvalue weighted by atomic mass is 32.1. The van der Waals surface area contributed by atoms with E-state index >= 15 is 0 Å². The van der Waals surface area contributed by atoms with Gasteiger partial charge in [-0.15, -0.1) is 11.3 Å². The summed E-state index contributed by atoms with van der Waals surface area (Å²) in [6, 6.07) is 10.00. The van der Waals surface area contributed by atoms with Crippen LogP contribution in [0.5, 0.6) is 5.75 Å². The van der Waals surface area contributed by atoms with E-state index in [-0.39, 0.29) is 6.61 Å². The molecule has 0 aliphatic rings. The van der Waals surface area contributed by atoms with Crippen LogP contribution in [0.15, 0.2) is 30.3 Å². The van der Waals surface area contributed by atoms with E-state index in [1.165, 1.54) is 0 Å². The molecular formula is C20H26NO5PS. The van der Waals surface area contributed by atoms with Gasteiger partial charge in [-0.2, -0.15) is 0 Å². The molecule has 0 radical (unpaired) electrons. The summed E-state index contributed by atoms with van der Waals surface area (Å²) in [5.41, 5.74) is 7.54. The maximum absolute atomic E-state index is 10.8. The Morgan fingerprint density at radius 1 is 1.21 bits per heavy atom. The number of aryl methyl sites for hydroxylation is 3. The third kappa shape index (κ3) is 8.57. The zero-order valence-corrected chi connectivity index (χ0v) is 18.0. The van der Waals surface area contributed by atoms with Crippen LogP contribution in [0.1, 0.15) is 34.2 Å². The monoisotopic (exact) mass is 423 g/mol. The van der Waals surface area contributed by atoms with Crippen LogP contribution in [0.2, 0.25) is 0 Å². The van der Waals surface area contributed by atoms with Crippen LogP contribution in [0, 0.1) is 25.7 Å². The summed E-state index contributed by atoms with van der Waals surface area (Å²) in [4.78, 5) is 19.6. The minimum Gasteiger partial charge on any atom is -0.481 e. The van der Waals surface area contributed by atoms with Crippen molar-refractivity contribution in [3.63, 3.8) is 0 Å². The van der Waals surface area contributed by atoms with Gasteiger partial charge < -0.3 is 20.3 Å². The topological polar surface area (TPSA) is 102 Å². The molecule has 0 saturated carbocycles. The first-order valence-corrected chi connectivity index (χ1v) is 11.1. The van der Waals surface area contributed by atoms with Gasteiger partial charge in [0.25, 0.3) is 0 Å². The molecule has 0 fully saturated rings. The summed E-state index contributed by atoms with van der Waals surface area (Å²) in [5.74, 6) is 6.93. The molecule has 6 nitrogen and oxygen atoms in total. The van der Waals surface area contributed by atoms with Crippen LogP contribution in [0.4, 0.5) is 0 Å². The number of hydrogen-bond acceptors (Lipinski definition) is 5. The van der Waals surface area contributed by atoms with Crippen LogP contribution in [-0.2, 0) is 15.5 Å². The molecule has 2 rings (SSSR count). The Kier molecular flexibility index (Phi) is 7.85. The number of ether oxygens (including phenoxy) is 1. The van der Waals surface area contributed by atoms with E-state index < -0.39 is 13.4 Å². The number of nitrogens with two attached hydrogens (primary N) is 1. The third-order valence-corrected chi connectivity index (χ3v) is 5.41. The van der Waals surface area contributed by atoms with Crippen LogP contribution in [0.3, 0.4) is 0 Å². The lowest BCUT2D eigenvalue weighted by atomic mass is 9.98. The van der Waals surface area contributed by atoms with Crippen molar-refractivity contribution in [3.05, 3.63) is 51.2 Å². The Labute approximate surface area is 169 Å². The van der Waals surface area contributed by atoms with E-state index in [1.807, 2.05) is 38.1 Å². The summed E-state index contributed by atoms with van der Waals surface area (Å²) < 4.78 is 21.0. The fourth-order valence-electron chi connectivity index (χ4n) is 2.55. The fourth-order valence-corrected chi connectivity index (χ4v) is 3.90. The molecular weight excluding hydrogens is 397 g/mol. The smallest absolute Gasteiger partial charge is 0.469 e. The number of rotatable bonds is 8. The highest BCUT2D eigenvalue weighted by Crippen LogP contribution is 2.37. The standard InChI is InChI=1S/C20H26NO5PS/c1-15-11-16(2)13-17(12-15)25-10-4-5-18-6-7-19(28-18)8-9-20(3,21)14-26-27(22,23)24/h6-7,11-13H,8-10,14,21H2,1-3H3,(H2,22,23,24). The predicted octanol–water partition coefficient (Wildman–Crippen LogP) is 3.55. The molecule has 28 heavy (non-hydrogen) atoms. The number of benzene rings is 1. The van der Waals surface area contributed by atoms with Crippen molar-refractivity contribution in [1.29, 1.82) is 0 Å². The molecule has 1 aromatic heterocycles. The Bertz CT molecular complexity index is 887. The molecule has 2 aromatic rings. The SMILES string of the molecule is Cc1cc(C)cc(OCC#Cc2ccc(CCC(C)(N)COP(=O)(O)O)s2)c1. The van der Waals surface area contributed by atoms with Crippen LogP contribution >= 0.6 is 19.2 Å². The lowest BCUT2D eigenvalue weighted by molar-refractivity contribution is 0.154. The molecule has 152 valence electrons. The molecule has 0 amide bonds. The predicted molar refractivity (Wildman–Crippen MR) is 112 cm³/mol. The largest absolute Gasteiger partial charge is 0.481 e. The van der Waals surface area contributed by atoms with E-state index in [0.29, 0.717) is 19.4 Å². The lowest BCUT2D eigenvalue weighted by Crippen LogP contribution is -2.41. The Morgan fingerprint density at radius 2 is 1.89 bits per heavy atom. The van der Waals surface area contributed by atoms with Gasteiger partial charge in [-0.1, -0.05) is 17.9 Å². The van der Waals surface area contributed by atoms with Gasteiger partial charge in [-0.05, 0) is 69.0 Å². The molecule has 1 heterocycles. The second-order valence-corrected chi connectivity index (χ2v) is 9.51. The minimum atomic E-state index is -4.50. The van der Waals surface area contributed by atoms with Gasteiger partial charge in [0, 0.05) is 10.4 Å². The molecule has 0 bridgehead atoms. The second-order valence-electron chi connectivity index (χ2n) is 7.10. The summed E-state index contributed by atoms with van der Waals surface area (Å²) in [6.07, 6.45) is 1.22. The number of hydrogen-bond donors (Lipinski definition) is 3. The number of phosphoric acid groups is 1. The molecule has 0 aliphatic carbocycles. The van der Waals surface area contributed by atoms with Crippen LogP contribution in [0.25, 0.3) is 0 Å². The molecule has 4 N–H and O–H groups in total. The van der Waals surface area contributed by atoms with E-state index in [1.54, 1.807) is 18.3 Å². The first-order chi connectivity index (χ1) is 13.0. The summed E-state index contributed by atoms with van der Waals surface area (Å²) >= 11 is 1.57. The first-order valence-electron chi connectivity index (χ1n) is 8.80. The van der Waals surface area contributed by atoms with Crippen LogP contribution in [-0.4, -0.2) is 28.5 Å². The maximum atomic E-state index is 10.8. The highest BCUT2D eigenvalue weighted by Gasteiger charge is 2.24. The maximum Gasteiger partial charge on any atom is 0.469 e.